The van der Waals surface area contributed by atoms with Crippen LogP contribution in [0, 0.1) is 0 Å². The lowest BCUT2D eigenvalue weighted by Crippen LogP contribution is -2.22. The van der Waals surface area contributed by atoms with Crippen LogP contribution in [-0.4, -0.2) is 37.0 Å². The zero-order valence-corrected chi connectivity index (χ0v) is 18.9. The molecule has 0 unspecified atom stereocenters. The third-order valence-corrected chi connectivity index (χ3v) is 5.22. The Bertz CT molecular complexity index is 304. The van der Waals surface area contributed by atoms with Crippen molar-refractivity contribution in [2.75, 3.05) is 19.8 Å². The molecule has 0 saturated carbocycles. The SMILES string of the molecule is CCCCCCCCC(CCCCCCCC)OC(=O)COCCCCCO. The van der Waals surface area contributed by atoms with E-state index < -0.39 is 0 Å². The summed E-state index contributed by atoms with van der Waals surface area (Å²) in [6.07, 6.45) is 19.9. The number of aliphatic hydroxyl groups is 1. The molecule has 0 radical (unpaired) electrons. The molecule has 0 rings (SSSR count). The molecule has 1 N–H and O–H groups in total. The number of esters is 1. The fraction of sp³-hybridized carbons (Fsp3) is 0.958. The first-order valence-corrected chi connectivity index (χ1v) is 12.1. The first-order valence-electron chi connectivity index (χ1n) is 12.1. The van der Waals surface area contributed by atoms with Gasteiger partial charge in [-0.1, -0.05) is 78.1 Å². The molecule has 0 fully saturated rings. The van der Waals surface area contributed by atoms with Gasteiger partial charge in [0.1, 0.15) is 12.7 Å². The van der Waals surface area contributed by atoms with E-state index in [9.17, 15) is 4.79 Å². The van der Waals surface area contributed by atoms with Crippen molar-refractivity contribution in [1.82, 2.24) is 0 Å². The number of rotatable bonds is 22. The van der Waals surface area contributed by atoms with Crippen molar-refractivity contribution >= 4 is 5.97 Å². The Labute approximate surface area is 174 Å². The van der Waals surface area contributed by atoms with E-state index in [2.05, 4.69) is 13.8 Å². The van der Waals surface area contributed by atoms with Gasteiger partial charge < -0.3 is 14.6 Å². The van der Waals surface area contributed by atoms with Crippen LogP contribution in [0.15, 0.2) is 0 Å². The maximum absolute atomic E-state index is 12.1. The summed E-state index contributed by atoms with van der Waals surface area (Å²) in [5.74, 6) is -0.218. The predicted molar refractivity (Wildman–Crippen MR) is 118 cm³/mol. The van der Waals surface area contributed by atoms with Gasteiger partial charge in [-0.2, -0.15) is 0 Å². The Morgan fingerprint density at radius 2 is 1.21 bits per heavy atom. The molecule has 0 aromatic carbocycles. The Balaban J connectivity index is 3.99. The minimum atomic E-state index is -0.218. The molecule has 0 aliphatic carbocycles. The van der Waals surface area contributed by atoms with Gasteiger partial charge in [0.25, 0.3) is 0 Å². The molecule has 4 nitrogen and oxygen atoms in total. The largest absolute Gasteiger partial charge is 0.461 e. The molecular weight excluding hydrogens is 352 g/mol. The van der Waals surface area contributed by atoms with Crippen molar-refractivity contribution in [2.45, 2.75) is 129 Å². The lowest BCUT2D eigenvalue weighted by atomic mass is 10.0. The maximum Gasteiger partial charge on any atom is 0.332 e. The van der Waals surface area contributed by atoms with E-state index >= 15 is 0 Å². The molecule has 0 aliphatic rings. The minimum Gasteiger partial charge on any atom is -0.461 e. The number of carbonyl (C=O) groups excluding carboxylic acids is 1. The molecule has 168 valence electrons. The van der Waals surface area contributed by atoms with Gasteiger partial charge >= 0.3 is 5.97 Å². The van der Waals surface area contributed by atoms with Crippen LogP contribution >= 0.6 is 0 Å². The summed E-state index contributed by atoms with van der Waals surface area (Å²) >= 11 is 0. The second-order valence-electron chi connectivity index (χ2n) is 8.06. The number of hydrogen-bond acceptors (Lipinski definition) is 4. The van der Waals surface area contributed by atoms with Crippen LogP contribution in [0.2, 0.25) is 0 Å². The molecule has 0 heterocycles. The molecule has 0 aliphatic heterocycles. The molecule has 4 heteroatoms. The zero-order chi connectivity index (χ0) is 20.7. The molecule has 0 saturated heterocycles. The van der Waals surface area contributed by atoms with Crippen molar-refractivity contribution in [3.63, 3.8) is 0 Å². The van der Waals surface area contributed by atoms with Gasteiger partial charge in [-0.3, -0.25) is 0 Å². The van der Waals surface area contributed by atoms with E-state index in [0.717, 1.165) is 44.9 Å². The molecule has 0 bridgehead atoms. The number of unbranched alkanes of at least 4 members (excludes halogenated alkanes) is 12. The van der Waals surface area contributed by atoms with E-state index in [4.69, 9.17) is 14.6 Å². The van der Waals surface area contributed by atoms with Crippen LogP contribution in [0.1, 0.15) is 123 Å². The van der Waals surface area contributed by atoms with Crippen LogP contribution in [0.5, 0.6) is 0 Å². The predicted octanol–water partition coefficient (Wildman–Crippen LogP) is 6.58. The Kier molecular flexibility index (Phi) is 22.2. The van der Waals surface area contributed by atoms with E-state index in [0.29, 0.717) is 6.61 Å². The number of aliphatic hydroxyl groups excluding tert-OH is 1. The standard InChI is InChI=1S/C24H48O4/c1-3-5-7-9-11-14-18-23(19-15-12-10-8-6-4-2)28-24(26)22-27-21-17-13-16-20-25/h23,25H,3-22H2,1-2H3. The third kappa shape index (κ3) is 20.1. The van der Waals surface area contributed by atoms with Crippen molar-refractivity contribution < 1.29 is 19.4 Å². The highest BCUT2D eigenvalue weighted by Crippen LogP contribution is 2.17. The van der Waals surface area contributed by atoms with Crippen molar-refractivity contribution in [3.05, 3.63) is 0 Å². The third-order valence-electron chi connectivity index (χ3n) is 5.22. The monoisotopic (exact) mass is 400 g/mol. The molecular formula is C24H48O4. The summed E-state index contributed by atoms with van der Waals surface area (Å²) in [6.45, 7) is 5.33. The minimum absolute atomic E-state index is 0.0582. The molecule has 0 aromatic rings. The lowest BCUT2D eigenvalue weighted by molar-refractivity contribution is -0.155. The van der Waals surface area contributed by atoms with Crippen molar-refractivity contribution in [2.24, 2.45) is 0 Å². The highest BCUT2D eigenvalue weighted by atomic mass is 16.6. The molecule has 0 atom stereocenters. The van der Waals surface area contributed by atoms with E-state index in [1.54, 1.807) is 0 Å². The molecule has 28 heavy (non-hydrogen) atoms. The summed E-state index contributed by atoms with van der Waals surface area (Å²) in [4.78, 5) is 12.1. The van der Waals surface area contributed by atoms with Gasteiger partial charge in [0.2, 0.25) is 0 Å². The fourth-order valence-corrected chi connectivity index (χ4v) is 3.43. The topological polar surface area (TPSA) is 55.8 Å². The summed E-state index contributed by atoms with van der Waals surface area (Å²) in [7, 11) is 0. The number of carbonyl (C=O) groups is 1. The molecule has 0 aromatic heterocycles. The van der Waals surface area contributed by atoms with Crippen LogP contribution < -0.4 is 0 Å². The van der Waals surface area contributed by atoms with Gasteiger partial charge in [0.15, 0.2) is 0 Å². The highest BCUT2D eigenvalue weighted by molar-refractivity contribution is 5.70. The van der Waals surface area contributed by atoms with Gasteiger partial charge in [0.05, 0.1) is 0 Å². The zero-order valence-electron chi connectivity index (χ0n) is 18.9. The Hall–Kier alpha value is -0.610. The normalized spacial score (nSPS) is 11.3. The van der Waals surface area contributed by atoms with Crippen molar-refractivity contribution in [1.29, 1.82) is 0 Å². The number of hydrogen-bond donors (Lipinski definition) is 1. The van der Waals surface area contributed by atoms with Crippen LogP contribution in [0.4, 0.5) is 0 Å². The summed E-state index contributed by atoms with van der Waals surface area (Å²) in [6, 6.07) is 0. The quantitative estimate of drug-likeness (QED) is 0.165. The summed E-state index contributed by atoms with van der Waals surface area (Å²) in [5, 5.41) is 8.76. The average molecular weight is 401 g/mol. The van der Waals surface area contributed by atoms with Gasteiger partial charge in [0, 0.05) is 13.2 Å². The maximum atomic E-state index is 12.1. The average Bonchev–Trinajstić information content (AvgIpc) is 2.69. The van der Waals surface area contributed by atoms with E-state index in [-0.39, 0.29) is 25.3 Å². The Morgan fingerprint density at radius 1 is 0.714 bits per heavy atom. The van der Waals surface area contributed by atoms with Crippen LogP contribution in [0.25, 0.3) is 0 Å². The highest BCUT2D eigenvalue weighted by Gasteiger charge is 2.14. The second-order valence-corrected chi connectivity index (χ2v) is 8.06. The fourth-order valence-electron chi connectivity index (χ4n) is 3.43. The van der Waals surface area contributed by atoms with E-state index in [1.165, 1.54) is 64.2 Å². The van der Waals surface area contributed by atoms with Crippen LogP contribution in [0.3, 0.4) is 0 Å². The smallest absolute Gasteiger partial charge is 0.332 e. The first-order chi connectivity index (χ1) is 13.7. The van der Waals surface area contributed by atoms with Gasteiger partial charge in [-0.25, -0.2) is 4.79 Å². The van der Waals surface area contributed by atoms with Gasteiger partial charge in [-0.05, 0) is 44.9 Å². The summed E-state index contributed by atoms with van der Waals surface area (Å²) < 4.78 is 11.2. The Morgan fingerprint density at radius 3 is 1.75 bits per heavy atom. The van der Waals surface area contributed by atoms with E-state index in [1.807, 2.05) is 0 Å². The number of ether oxygens (including phenoxy) is 2. The van der Waals surface area contributed by atoms with Gasteiger partial charge in [-0.15, -0.1) is 0 Å². The van der Waals surface area contributed by atoms with Crippen molar-refractivity contribution in [3.8, 4) is 0 Å². The summed E-state index contributed by atoms with van der Waals surface area (Å²) in [5.41, 5.74) is 0. The molecule has 0 spiro atoms. The second kappa shape index (κ2) is 22.7. The molecule has 0 amide bonds. The first kappa shape index (κ1) is 27.4. The lowest BCUT2D eigenvalue weighted by Gasteiger charge is -2.18. The van der Waals surface area contributed by atoms with Crippen LogP contribution in [-0.2, 0) is 14.3 Å².